The Morgan fingerprint density at radius 2 is 0.803 bits per heavy atom. The van der Waals surface area contributed by atoms with Gasteiger partial charge in [-0.3, -0.25) is 14.2 Å². The molecule has 71 heavy (non-hydrogen) atoms. The zero-order chi connectivity index (χ0) is 52.0. The average Bonchev–Trinajstić information content (AvgIpc) is 3.33. The Morgan fingerprint density at radius 1 is 0.451 bits per heavy atom. The second-order valence-corrected chi connectivity index (χ2v) is 21.3. The first-order chi connectivity index (χ1) is 34.5. The maximum Gasteiger partial charge on any atom is 0.306 e. The maximum absolute atomic E-state index is 12.7. The highest BCUT2D eigenvalue weighted by Crippen LogP contribution is 2.38. The summed E-state index contributed by atoms with van der Waals surface area (Å²) in [5.74, 6) is -0.848. The smallest absolute Gasteiger partial charge is 0.306 e. The van der Waals surface area contributed by atoms with E-state index in [9.17, 15) is 19.0 Å². The number of phosphoric acid groups is 1. The van der Waals surface area contributed by atoms with E-state index in [0.29, 0.717) is 17.4 Å². The largest absolute Gasteiger partial charge is 0.756 e. The predicted octanol–water partition coefficient (Wildman–Crippen LogP) is 17.0. The number of esters is 2. The van der Waals surface area contributed by atoms with Crippen LogP contribution >= 0.6 is 7.82 Å². The Bertz CT molecular complexity index is 1520. The topological polar surface area (TPSA) is 111 Å². The molecule has 0 heterocycles. The van der Waals surface area contributed by atoms with Crippen LogP contribution in [-0.4, -0.2) is 70.0 Å². The second kappa shape index (κ2) is 51.8. The summed E-state index contributed by atoms with van der Waals surface area (Å²) in [6.45, 7) is 4.04. The van der Waals surface area contributed by atoms with Crippen molar-refractivity contribution in [3.8, 4) is 0 Å². The first-order valence-electron chi connectivity index (χ1n) is 28.4. The number of ether oxygens (including phenoxy) is 2. The number of hydrogen-bond donors (Lipinski definition) is 0. The zero-order valence-electron chi connectivity index (χ0n) is 46.1. The number of allylic oxidation sites excluding steroid dienone is 16. The van der Waals surface area contributed by atoms with Crippen LogP contribution < -0.4 is 4.89 Å². The molecule has 0 aliphatic rings. The maximum atomic E-state index is 12.7. The Hall–Kier alpha value is -3.07. The van der Waals surface area contributed by atoms with Crippen LogP contribution in [0.25, 0.3) is 0 Å². The predicted molar refractivity (Wildman–Crippen MR) is 300 cm³/mol. The van der Waals surface area contributed by atoms with Crippen LogP contribution in [0.5, 0.6) is 0 Å². The number of nitrogens with zero attached hydrogens (tertiary/aromatic N) is 1. The molecule has 0 bridgehead atoms. The molecule has 0 saturated heterocycles. The molecule has 2 unspecified atom stereocenters. The van der Waals surface area contributed by atoms with Crippen molar-refractivity contribution in [2.45, 2.75) is 232 Å². The fourth-order valence-corrected chi connectivity index (χ4v) is 8.19. The Balaban J connectivity index is 3.99. The summed E-state index contributed by atoms with van der Waals surface area (Å²) in [7, 11) is 1.15. The van der Waals surface area contributed by atoms with E-state index < -0.39 is 32.5 Å². The summed E-state index contributed by atoms with van der Waals surface area (Å²) >= 11 is 0. The molecule has 0 rings (SSSR count). The number of phosphoric ester groups is 1. The highest BCUT2D eigenvalue weighted by atomic mass is 31.2. The zero-order valence-corrected chi connectivity index (χ0v) is 47.0. The van der Waals surface area contributed by atoms with Crippen molar-refractivity contribution in [2.75, 3.05) is 47.5 Å². The van der Waals surface area contributed by atoms with Crippen molar-refractivity contribution in [1.29, 1.82) is 0 Å². The first kappa shape index (κ1) is 67.9. The van der Waals surface area contributed by atoms with Crippen molar-refractivity contribution >= 4 is 19.8 Å². The number of unbranched alkanes of at least 4 members (excludes halogenated alkanes) is 21. The van der Waals surface area contributed by atoms with Gasteiger partial charge in [-0.15, -0.1) is 0 Å². The molecule has 0 saturated carbocycles. The van der Waals surface area contributed by atoms with Crippen molar-refractivity contribution in [2.24, 2.45) is 0 Å². The summed E-state index contributed by atoms with van der Waals surface area (Å²) in [6.07, 6.45) is 70.5. The molecular weight excluding hydrogens is 906 g/mol. The standard InChI is InChI=1S/C61H106NO8P/c1-6-8-10-12-14-16-18-19-20-21-22-23-24-25-26-27-28-29-30-31-32-33-34-35-36-37-38-39-40-41-42-43-44-46-48-50-52-54-61(64)70-59(58-69-71(65,66)68-56-55-62(3,4)5)57-67-60(63)53-51-49-47-45-17-15-13-11-9-7-2/h8,10-11,13-14,16,19-20,22-23,25-26,28-29,31-32,59H,6-7,9,12,15,17-18,21,24,27,30,33-58H2,1-5H3/b10-8-,13-11-,16-14-,20-19-,23-22-,26-25-,29-28-,32-31-. The summed E-state index contributed by atoms with van der Waals surface area (Å²) in [5.41, 5.74) is 0. The quantitative estimate of drug-likeness (QED) is 0.0195. The molecular formula is C61H106NO8P. The van der Waals surface area contributed by atoms with Crippen molar-refractivity contribution in [3.63, 3.8) is 0 Å². The van der Waals surface area contributed by atoms with Gasteiger partial charge in [-0.05, 0) is 89.9 Å². The summed E-state index contributed by atoms with van der Waals surface area (Å²) in [5, 5.41) is 0. The minimum absolute atomic E-state index is 0.0348. The molecule has 0 spiro atoms. The molecule has 0 fully saturated rings. The van der Waals surface area contributed by atoms with Gasteiger partial charge in [-0.1, -0.05) is 220 Å². The molecule has 0 N–H and O–H groups in total. The highest BCUT2D eigenvalue weighted by molar-refractivity contribution is 7.45. The van der Waals surface area contributed by atoms with Crippen LogP contribution in [0.3, 0.4) is 0 Å². The number of quaternary nitrogens is 1. The van der Waals surface area contributed by atoms with E-state index in [2.05, 4.69) is 111 Å². The van der Waals surface area contributed by atoms with Crippen molar-refractivity contribution in [1.82, 2.24) is 0 Å². The molecule has 0 amide bonds. The molecule has 0 aromatic heterocycles. The van der Waals surface area contributed by atoms with Gasteiger partial charge in [0.25, 0.3) is 7.82 Å². The number of carbonyl (C=O) groups excluding carboxylic acids is 2. The number of rotatable bonds is 51. The SMILES string of the molecule is CC/C=C\C/C=C\C/C=C\C/C=C\C/C=C\C/C=C\C/C=C\CCCCCCCCCCCCCCCCCC(=O)OC(COC(=O)CCCCCCC/C=C\CCC)COP(=O)([O-])OCC[N+](C)(C)C. The van der Waals surface area contributed by atoms with E-state index >= 15 is 0 Å². The fourth-order valence-electron chi connectivity index (χ4n) is 7.46. The average molecular weight is 1010 g/mol. The van der Waals surface area contributed by atoms with Crippen LogP contribution in [0, 0.1) is 0 Å². The Labute approximate surface area is 436 Å². The van der Waals surface area contributed by atoms with Crippen LogP contribution in [0.2, 0.25) is 0 Å². The third-order valence-corrected chi connectivity index (χ3v) is 12.8. The molecule has 408 valence electrons. The molecule has 9 nitrogen and oxygen atoms in total. The second-order valence-electron chi connectivity index (χ2n) is 19.9. The first-order valence-corrected chi connectivity index (χ1v) is 29.9. The Morgan fingerprint density at radius 3 is 1.21 bits per heavy atom. The molecule has 0 aromatic carbocycles. The van der Waals surface area contributed by atoms with Crippen LogP contribution in [0.1, 0.15) is 226 Å². The lowest BCUT2D eigenvalue weighted by Crippen LogP contribution is -2.37. The van der Waals surface area contributed by atoms with Gasteiger partial charge >= 0.3 is 11.9 Å². The lowest BCUT2D eigenvalue weighted by atomic mass is 10.0. The van der Waals surface area contributed by atoms with E-state index in [4.69, 9.17) is 18.5 Å². The number of carbonyl (C=O) groups is 2. The van der Waals surface area contributed by atoms with E-state index in [1.54, 1.807) is 0 Å². The van der Waals surface area contributed by atoms with Crippen molar-refractivity contribution in [3.05, 3.63) is 97.2 Å². The number of likely N-dealkylation sites (N-methyl/N-ethyl adjacent to an activating group) is 1. The molecule has 0 aliphatic heterocycles. The Kier molecular flexibility index (Phi) is 49.6. The monoisotopic (exact) mass is 1010 g/mol. The summed E-state index contributed by atoms with van der Waals surface area (Å²) in [6, 6.07) is 0. The van der Waals surface area contributed by atoms with Gasteiger partial charge in [0.1, 0.15) is 19.8 Å². The summed E-state index contributed by atoms with van der Waals surface area (Å²) < 4.78 is 34.0. The van der Waals surface area contributed by atoms with E-state index in [1.165, 1.54) is 83.5 Å². The lowest BCUT2D eigenvalue weighted by molar-refractivity contribution is -0.870. The van der Waals surface area contributed by atoms with Crippen LogP contribution in [0.15, 0.2) is 97.2 Å². The van der Waals surface area contributed by atoms with E-state index in [-0.39, 0.29) is 26.1 Å². The fraction of sp³-hybridized carbons (Fsp3) is 0.705. The van der Waals surface area contributed by atoms with Gasteiger partial charge in [0.2, 0.25) is 0 Å². The molecule has 2 atom stereocenters. The molecule has 10 heteroatoms. The van der Waals surface area contributed by atoms with Gasteiger partial charge in [-0.25, -0.2) is 0 Å². The van der Waals surface area contributed by atoms with Gasteiger partial charge in [0, 0.05) is 12.8 Å². The van der Waals surface area contributed by atoms with E-state index in [0.717, 1.165) is 109 Å². The van der Waals surface area contributed by atoms with Crippen molar-refractivity contribution < 1.29 is 42.1 Å². The van der Waals surface area contributed by atoms with E-state index in [1.807, 2.05) is 21.1 Å². The third kappa shape index (κ3) is 56.1. The van der Waals surface area contributed by atoms with Gasteiger partial charge < -0.3 is 27.9 Å². The minimum Gasteiger partial charge on any atom is -0.756 e. The summed E-state index contributed by atoms with van der Waals surface area (Å²) in [4.78, 5) is 37.6. The minimum atomic E-state index is -4.63. The van der Waals surface area contributed by atoms with Crippen LogP contribution in [0.4, 0.5) is 0 Å². The van der Waals surface area contributed by atoms with Gasteiger partial charge in [0.05, 0.1) is 27.7 Å². The lowest BCUT2D eigenvalue weighted by Gasteiger charge is -2.28. The molecule has 0 aliphatic carbocycles. The van der Waals surface area contributed by atoms with Gasteiger partial charge in [0.15, 0.2) is 6.10 Å². The van der Waals surface area contributed by atoms with Gasteiger partial charge in [-0.2, -0.15) is 0 Å². The number of hydrogen-bond acceptors (Lipinski definition) is 8. The third-order valence-electron chi connectivity index (χ3n) is 11.8. The normalized spacial score (nSPS) is 14.1. The highest BCUT2D eigenvalue weighted by Gasteiger charge is 2.21. The van der Waals surface area contributed by atoms with Crippen LogP contribution in [-0.2, 0) is 32.7 Å². The molecule has 0 radical (unpaired) electrons. The molecule has 0 aromatic rings.